The van der Waals surface area contributed by atoms with Gasteiger partial charge in [0.1, 0.15) is 5.69 Å². The lowest BCUT2D eigenvalue weighted by Gasteiger charge is -2.12. The Labute approximate surface area is 164 Å². The number of carbonyl (C=O) groups is 1. The highest BCUT2D eigenvalue weighted by Gasteiger charge is 2.22. The summed E-state index contributed by atoms with van der Waals surface area (Å²) in [4.78, 5) is 21.8. The smallest absolute Gasteiger partial charge is 0.293 e. The van der Waals surface area contributed by atoms with Crippen molar-refractivity contribution < 1.29 is 14.7 Å². The van der Waals surface area contributed by atoms with E-state index in [-0.39, 0.29) is 13.2 Å². The first-order chi connectivity index (χ1) is 12.5. The first kappa shape index (κ1) is 18.6. The number of halogens is 1. The highest BCUT2D eigenvalue weighted by atomic mass is 127. The fourth-order valence-corrected chi connectivity index (χ4v) is 3.44. The van der Waals surface area contributed by atoms with E-state index >= 15 is 0 Å². The number of amides is 1. The molecule has 0 aliphatic heterocycles. The zero-order chi connectivity index (χ0) is 18.7. The summed E-state index contributed by atoms with van der Waals surface area (Å²) >= 11 is 2.26. The molecule has 0 radical (unpaired) electrons. The molecule has 8 heteroatoms. The molecule has 3 aromatic rings. The number of carbonyl (C=O) groups excluding carboxylic acids is 1. The SMILES string of the molecule is Cc1cc(I)ccc1Nc1c(C(=O)NOCCO)n(C)c2ccncc12. The van der Waals surface area contributed by atoms with Crippen molar-refractivity contribution in [2.45, 2.75) is 6.92 Å². The largest absolute Gasteiger partial charge is 0.394 e. The molecule has 0 bridgehead atoms. The highest BCUT2D eigenvalue weighted by Crippen LogP contribution is 2.33. The lowest BCUT2D eigenvalue weighted by atomic mass is 10.2. The number of nitrogens with one attached hydrogen (secondary N) is 2. The van der Waals surface area contributed by atoms with Crippen molar-refractivity contribution in [2.75, 3.05) is 18.5 Å². The van der Waals surface area contributed by atoms with Gasteiger partial charge in [-0.2, -0.15) is 0 Å². The Morgan fingerprint density at radius 3 is 2.92 bits per heavy atom. The summed E-state index contributed by atoms with van der Waals surface area (Å²) in [7, 11) is 1.81. The van der Waals surface area contributed by atoms with Crippen LogP contribution >= 0.6 is 22.6 Å². The van der Waals surface area contributed by atoms with Crippen molar-refractivity contribution in [3.05, 3.63) is 51.5 Å². The van der Waals surface area contributed by atoms with Crippen LogP contribution < -0.4 is 10.8 Å². The Hall–Kier alpha value is -2.17. The topological polar surface area (TPSA) is 88.4 Å². The molecule has 0 saturated heterocycles. The maximum atomic E-state index is 12.7. The number of aromatic nitrogens is 2. The molecular formula is C18H19IN4O3. The molecule has 1 amide bonds. The zero-order valence-electron chi connectivity index (χ0n) is 14.4. The van der Waals surface area contributed by atoms with Crippen LogP contribution in [0, 0.1) is 10.5 Å². The summed E-state index contributed by atoms with van der Waals surface area (Å²) in [5.41, 5.74) is 6.30. The van der Waals surface area contributed by atoms with Crippen molar-refractivity contribution in [3.63, 3.8) is 0 Å². The van der Waals surface area contributed by atoms with Crippen LogP contribution in [-0.4, -0.2) is 33.8 Å². The molecule has 2 aromatic heterocycles. The number of aliphatic hydroxyl groups excluding tert-OH is 1. The summed E-state index contributed by atoms with van der Waals surface area (Å²) < 4.78 is 2.93. The van der Waals surface area contributed by atoms with E-state index in [1.807, 2.05) is 32.2 Å². The van der Waals surface area contributed by atoms with Gasteiger partial charge in [0.2, 0.25) is 0 Å². The molecule has 26 heavy (non-hydrogen) atoms. The third kappa shape index (κ3) is 3.67. The van der Waals surface area contributed by atoms with Gasteiger partial charge in [-0.1, -0.05) is 0 Å². The van der Waals surface area contributed by atoms with Crippen LogP contribution in [0.1, 0.15) is 16.1 Å². The van der Waals surface area contributed by atoms with Gasteiger partial charge in [0.15, 0.2) is 0 Å². The standard InChI is InChI=1S/C18H19IN4O3/c1-11-9-12(19)3-4-14(11)21-16-13-10-20-6-5-15(13)23(2)17(16)18(25)22-26-8-7-24/h3-6,9-10,21,24H,7-8H2,1-2H3,(H,22,25). The average molecular weight is 466 g/mol. The summed E-state index contributed by atoms with van der Waals surface area (Å²) in [6.45, 7) is 1.86. The van der Waals surface area contributed by atoms with Gasteiger partial charge in [-0.15, -0.1) is 0 Å². The van der Waals surface area contributed by atoms with E-state index < -0.39 is 5.91 Å². The molecular weight excluding hydrogens is 447 g/mol. The number of anilines is 2. The van der Waals surface area contributed by atoms with Crippen molar-refractivity contribution in [2.24, 2.45) is 7.05 Å². The van der Waals surface area contributed by atoms with Gasteiger partial charge in [0, 0.05) is 34.1 Å². The maximum absolute atomic E-state index is 12.7. The molecule has 0 spiro atoms. The number of pyridine rings is 1. The first-order valence-electron chi connectivity index (χ1n) is 8.01. The first-order valence-corrected chi connectivity index (χ1v) is 9.09. The number of hydrogen-bond donors (Lipinski definition) is 3. The number of fused-ring (bicyclic) bond motifs is 1. The third-order valence-electron chi connectivity index (χ3n) is 4.02. The van der Waals surface area contributed by atoms with E-state index in [9.17, 15) is 4.79 Å². The normalized spacial score (nSPS) is 10.9. The van der Waals surface area contributed by atoms with E-state index in [0.29, 0.717) is 11.4 Å². The van der Waals surface area contributed by atoms with Crippen LogP contribution in [0.25, 0.3) is 10.9 Å². The zero-order valence-corrected chi connectivity index (χ0v) is 16.6. The minimum absolute atomic E-state index is 0.0240. The Bertz CT molecular complexity index is 955. The molecule has 1 aromatic carbocycles. The van der Waals surface area contributed by atoms with Crippen molar-refractivity contribution in [3.8, 4) is 0 Å². The average Bonchev–Trinajstić information content (AvgIpc) is 2.90. The third-order valence-corrected chi connectivity index (χ3v) is 4.69. The Morgan fingerprint density at radius 2 is 2.19 bits per heavy atom. The molecule has 0 unspecified atom stereocenters. The number of nitrogens with zero attached hydrogens (tertiary/aromatic N) is 2. The second-order valence-electron chi connectivity index (χ2n) is 5.76. The number of hydroxylamine groups is 1. The predicted molar refractivity (Wildman–Crippen MR) is 108 cm³/mol. The Morgan fingerprint density at radius 1 is 1.38 bits per heavy atom. The van der Waals surface area contributed by atoms with E-state index in [0.717, 1.165) is 25.7 Å². The van der Waals surface area contributed by atoms with Crippen LogP contribution in [0.3, 0.4) is 0 Å². The van der Waals surface area contributed by atoms with Gasteiger partial charge in [0.25, 0.3) is 5.91 Å². The van der Waals surface area contributed by atoms with E-state index in [4.69, 9.17) is 9.94 Å². The minimum atomic E-state index is -0.400. The maximum Gasteiger partial charge on any atom is 0.293 e. The summed E-state index contributed by atoms with van der Waals surface area (Å²) in [5, 5.41) is 13.0. The van der Waals surface area contributed by atoms with Gasteiger partial charge < -0.3 is 15.0 Å². The molecule has 0 atom stereocenters. The summed E-state index contributed by atoms with van der Waals surface area (Å²) in [6, 6.07) is 7.91. The monoisotopic (exact) mass is 466 g/mol. The quantitative estimate of drug-likeness (QED) is 0.296. The number of rotatable bonds is 6. The van der Waals surface area contributed by atoms with E-state index in [1.54, 1.807) is 17.0 Å². The Kier molecular flexibility index (Phi) is 5.74. The summed E-state index contributed by atoms with van der Waals surface area (Å²) in [6.07, 6.45) is 3.41. The minimum Gasteiger partial charge on any atom is -0.394 e. The molecule has 0 aliphatic rings. The number of benzene rings is 1. The second kappa shape index (κ2) is 8.02. The molecule has 3 rings (SSSR count). The highest BCUT2D eigenvalue weighted by molar-refractivity contribution is 14.1. The van der Waals surface area contributed by atoms with Gasteiger partial charge in [0.05, 0.1) is 24.4 Å². The predicted octanol–water partition coefficient (Wildman–Crippen LogP) is 2.88. The van der Waals surface area contributed by atoms with Gasteiger partial charge >= 0.3 is 0 Å². The second-order valence-corrected chi connectivity index (χ2v) is 7.01. The number of aryl methyl sites for hydroxylation is 2. The molecule has 0 fully saturated rings. The fourth-order valence-electron chi connectivity index (χ4n) is 2.79. The number of hydrogen-bond acceptors (Lipinski definition) is 5. The number of aliphatic hydroxyl groups is 1. The molecule has 7 nitrogen and oxygen atoms in total. The van der Waals surface area contributed by atoms with Gasteiger partial charge in [-0.05, 0) is 59.3 Å². The molecule has 0 aliphatic carbocycles. The van der Waals surface area contributed by atoms with E-state index in [1.165, 1.54) is 0 Å². The molecule has 3 N–H and O–H groups in total. The van der Waals surface area contributed by atoms with Crippen LogP contribution in [0.5, 0.6) is 0 Å². The van der Waals surface area contributed by atoms with Gasteiger partial charge in [-0.3, -0.25) is 14.6 Å². The van der Waals surface area contributed by atoms with Crippen molar-refractivity contribution in [1.29, 1.82) is 0 Å². The fraction of sp³-hybridized carbons (Fsp3) is 0.222. The lowest BCUT2D eigenvalue weighted by Crippen LogP contribution is -2.27. The molecule has 136 valence electrons. The molecule has 2 heterocycles. The Balaban J connectivity index is 2.07. The van der Waals surface area contributed by atoms with E-state index in [2.05, 4.69) is 44.4 Å². The lowest BCUT2D eigenvalue weighted by molar-refractivity contribution is 0.0163. The molecule has 0 saturated carbocycles. The van der Waals surface area contributed by atoms with Crippen molar-refractivity contribution in [1.82, 2.24) is 15.0 Å². The van der Waals surface area contributed by atoms with Crippen LogP contribution in [0.15, 0.2) is 36.7 Å². The van der Waals surface area contributed by atoms with Gasteiger partial charge in [-0.25, -0.2) is 5.48 Å². The van der Waals surface area contributed by atoms with Crippen LogP contribution in [-0.2, 0) is 11.9 Å². The van der Waals surface area contributed by atoms with Crippen molar-refractivity contribution >= 4 is 50.8 Å². The van der Waals surface area contributed by atoms with Crippen LogP contribution in [0.2, 0.25) is 0 Å². The summed E-state index contributed by atoms with van der Waals surface area (Å²) in [5.74, 6) is -0.400. The van der Waals surface area contributed by atoms with Crippen LogP contribution in [0.4, 0.5) is 11.4 Å².